The average Bonchev–Trinajstić information content (AvgIpc) is 3.05. The van der Waals surface area contributed by atoms with E-state index in [9.17, 15) is 4.79 Å². The van der Waals surface area contributed by atoms with Crippen LogP contribution in [-0.4, -0.2) is 53.1 Å². The fraction of sp³-hybridized carbons (Fsp3) is 0.400. The predicted molar refractivity (Wildman–Crippen MR) is 113 cm³/mol. The van der Waals surface area contributed by atoms with Gasteiger partial charge >= 0.3 is 0 Å². The van der Waals surface area contributed by atoms with Gasteiger partial charge in [-0.25, -0.2) is 15.0 Å². The van der Waals surface area contributed by atoms with Gasteiger partial charge in [-0.15, -0.1) is 11.3 Å². The van der Waals surface area contributed by atoms with Gasteiger partial charge < -0.3 is 15.1 Å². The van der Waals surface area contributed by atoms with Crippen LogP contribution in [0.2, 0.25) is 0 Å². The van der Waals surface area contributed by atoms with Crippen molar-refractivity contribution in [3.05, 3.63) is 41.2 Å². The number of rotatable bonds is 4. The summed E-state index contributed by atoms with van der Waals surface area (Å²) in [6.07, 6.45) is 3.43. The molecule has 28 heavy (non-hydrogen) atoms. The van der Waals surface area contributed by atoms with Crippen molar-refractivity contribution in [2.24, 2.45) is 0 Å². The van der Waals surface area contributed by atoms with Gasteiger partial charge in [-0.2, -0.15) is 0 Å². The molecule has 0 aliphatic carbocycles. The number of piperazine rings is 1. The van der Waals surface area contributed by atoms with Crippen LogP contribution in [0.4, 0.5) is 11.6 Å². The summed E-state index contributed by atoms with van der Waals surface area (Å²) in [5.41, 5.74) is 0.959. The Balaban J connectivity index is 1.59. The number of nitrogens with one attached hydrogen (secondary N) is 1. The molecule has 1 aliphatic heterocycles. The Morgan fingerprint density at radius 1 is 1.11 bits per heavy atom. The number of aromatic nitrogens is 3. The third-order valence-corrected chi connectivity index (χ3v) is 6.08. The number of carbonyl (C=O) groups is 1. The van der Waals surface area contributed by atoms with E-state index < -0.39 is 0 Å². The largest absolute Gasteiger partial charge is 0.353 e. The Morgan fingerprint density at radius 3 is 2.54 bits per heavy atom. The molecule has 4 heterocycles. The highest BCUT2D eigenvalue weighted by Crippen LogP contribution is 2.35. The van der Waals surface area contributed by atoms with Crippen molar-refractivity contribution in [2.45, 2.75) is 26.8 Å². The molecular weight excluding hydrogens is 372 g/mol. The summed E-state index contributed by atoms with van der Waals surface area (Å²) in [6.45, 7) is 9.39. The first kappa shape index (κ1) is 18.6. The number of fused-ring (bicyclic) bond motifs is 1. The molecule has 1 fully saturated rings. The molecule has 0 saturated carbocycles. The minimum atomic E-state index is -0.0404. The summed E-state index contributed by atoms with van der Waals surface area (Å²) >= 11 is 1.44. The van der Waals surface area contributed by atoms with Crippen LogP contribution in [0.25, 0.3) is 10.2 Å². The lowest BCUT2D eigenvalue weighted by Crippen LogP contribution is -2.47. The normalized spacial score (nSPS) is 14.7. The van der Waals surface area contributed by atoms with Gasteiger partial charge in [-0.05, 0) is 38.5 Å². The molecular formula is C20H24N6OS. The molecule has 0 bridgehead atoms. The predicted octanol–water partition coefficient (Wildman–Crippen LogP) is 2.86. The van der Waals surface area contributed by atoms with E-state index in [0.29, 0.717) is 0 Å². The van der Waals surface area contributed by atoms with Crippen LogP contribution in [0.1, 0.15) is 29.1 Å². The molecule has 4 rings (SSSR count). The van der Waals surface area contributed by atoms with E-state index in [-0.39, 0.29) is 11.9 Å². The lowest BCUT2D eigenvalue weighted by atomic mass is 10.1. The maximum absolute atomic E-state index is 12.6. The van der Waals surface area contributed by atoms with Gasteiger partial charge in [0.25, 0.3) is 5.91 Å². The first-order valence-electron chi connectivity index (χ1n) is 9.50. The van der Waals surface area contributed by atoms with Gasteiger partial charge in [0, 0.05) is 38.4 Å². The number of anilines is 2. The van der Waals surface area contributed by atoms with Crippen LogP contribution in [0.15, 0.2) is 30.7 Å². The lowest BCUT2D eigenvalue weighted by molar-refractivity contribution is 0.0947. The molecule has 0 unspecified atom stereocenters. The minimum Gasteiger partial charge on any atom is -0.353 e. The van der Waals surface area contributed by atoms with E-state index in [1.165, 1.54) is 11.3 Å². The van der Waals surface area contributed by atoms with Crippen molar-refractivity contribution < 1.29 is 4.79 Å². The molecule has 8 heteroatoms. The van der Waals surface area contributed by atoms with E-state index in [1.807, 2.05) is 45.2 Å². The average molecular weight is 397 g/mol. The molecule has 1 saturated heterocycles. The highest BCUT2D eigenvalue weighted by atomic mass is 32.1. The SMILES string of the molecule is Cc1c(C(=O)NC(C)C)sc2ncnc(N3CCN(c4ccccn4)CC3)c12. The molecule has 0 atom stereocenters. The fourth-order valence-electron chi connectivity index (χ4n) is 3.53. The molecule has 0 aromatic carbocycles. The third-order valence-electron chi connectivity index (χ3n) is 4.89. The second-order valence-electron chi connectivity index (χ2n) is 7.22. The highest BCUT2D eigenvalue weighted by Gasteiger charge is 2.25. The quantitative estimate of drug-likeness (QED) is 0.731. The summed E-state index contributed by atoms with van der Waals surface area (Å²) in [5.74, 6) is 1.89. The number of carbonyl (C=O) groups excluding carboxylic acids is 1. The maximum atomic E-state index is 12.6. The zero-order valence-corrected chi connectivity index (χ0v) is 17.2. The fourth-order valence-corrected chi connectivity index (χ4v) is 4.57. The summed E-state index contributed by atoms with van der Waals surface area (Å²) in [7, 11) is 0. The van der Waals surface area contributed by atoms with Gasteiger partial charge in [0.2, 0.25) is 0 Å². The summed E-state index contributed by atoms with van der Waals surface area (Å²) < 4.78 is 0. The van der Waals surface area contributed by atoms with Crippen LogP contribution in [0.3, 0.4) is 0 Å². The maximum Gasteiger partial charge on any atom is 0.261 e. The second kappa shape index (κ2) is 7.71. The van der Waals surface area contributed by atoms with Gasteiger partial charge in [0.1, 0.15) is 22.8 Å². The van der Waals surface area contributed by atoms with Crippen molar-refractivity contribution in [1.29, 1.82) is 0 Å². The third kappa shape index (κ3) is 3.52. The first-order chi connectivity index (χ1) is 13.5. The molecule has 146 valence electrons. The number of hydrogen-bond donors (Lipinski definition) is 1. The number of thiophene rings is 1. The molecule has 3 aromatic heterocycles. The zero-order valence-electron chi connectivity index (χ0n) is 16.3. The lowest BCUT2D eigenvalue weighted by Gasteiger charge is -2.36. The van der Waals surface area contributed by atoms with Crippen LogP contribution in [0.5, 0.6) is 0 Å². The smallest absolute Gasteiger partial charge is 0.261 e. The summed E-state index contributed by atoms with van der Waals surface area (Å²) in [4.78, 5) is 32.2. The van der Waals surface area contributed by atoms with E-state index in [1.54, 1.807) is 6.33 Å². The van der Waals surface area contributed by atoms with Crippen LogP contribution in [-0.2, 0) is 0 Å². The van der Waals surface area contributed by atoms with Gasteiger partial charge in [0.05, 0.1) is 10.3 Å². The number of nitrogens with zero attached hydrogens (tertiary/aromatic N) is 5. The van der Waals surface area contributed by atoms with Crippen molar-refractivity contribution in [3.8, 4) is 0 Å². The Bertz CT molecular complexity index is 979. The van der Waals surface area contributed by atoms with Gasteiger partial charge in [-0.1, -0.05) is 6.07 Å². The highest BCUT2D eigenvalue weighted by molar-refractivity contribution is 7.20. The summed E-state index contributed by atoms with van der Waals surface area (Å²) in [6, 6.07) is 6.09. The monoisotopic (exact) mass is 396 g/mol. The number of hydrogen-bond acceptors (Lipinski definition) is 7. The molecule has 7 nitrogen and oxygen atoms in total. The topological polar surface area (TPSA) is 74.2 Å². The minimum absolute atomic E-state index is 0.0404. The Kier molecular flexibility index (Phi) is 5.13. The van der Waals surface area contributed by atoms with E-state index in [2.05, 4.69) is 30.1 Å². The molecule has 1 aliphatic rings. The van der Waals surface area contributed by atoms with E-state index >= 15 is 0 Å². The van der Waals surface area contributed by atoms with Gasteiger partial charge in [-0.3, -0.25) is 4.79 Å². The zero-order chi connectivity index (χ0) is 19.7. The van der Waals surface area contributed by atoms with E-state index in [0.717, 1.165) is 58.5 Å². The van der Waals surface area contributed by atoms with Crippen molar-refractivity contribution >= 4 is 39.1 Å². The van der Waals surface area contributed by atoms with Gasteiger partial charge in [0.15, 0.2) is 0 Å². The standard InChI is InChI=1S/C20H24N6OS/c1-13(2)24-19(27)17-14(3)16-18(22-12-23-20(16)28-17)26-10-8-25(9-11-26)15-6-4-5-7-21-15/h4-7,12-13H,8-11H2,1-3H3,(H,24,27). The Morgan fingerprint density at radius 2 is 1.86 bits per heavy atom. The molecule has 1 N–H and O–H groups in total. The number of aryl methyl sites for hydroxylation is 1. The van der Waals surface area contributed by atoms with Crippen LogP contribution >= 0.6 is 11.3 Å². The van der Waals surface area contributed by atoms with Crippen molar-refractivity contribution in [3.63, 3.8) is 0 Å². The molecule has 0 radical (unpaired) electrons. The number of pyridine rings is 1. The second-order valence-corrected chi connectivity index (χ2v) is 8.22. The van der Waals surface area contributed by atoms with Crippen molar-refractivity contribution in [2.75, 3.05) is 36.0 Å². The van der Waals surface area contributed by atoms with Crippen molar-refractivity contribution in [1.82, 2.24) is 20.3 Å². The molecule has 3 aromatic rings. The molecule has 0 spiro atoms. The Labute approximate surface area is 168 Å². The first-order valence-corrected chi connectivity index (χ1v) is 10.3. The van der Waals surface area contributed by atoms with E-state index in [4.69, 9.17) is 0 Å². The summed E-state index contributed by atoms with van der Waals surface area (Å²) in [5, 5.41) is 3.97. The van der Waals surface area contributed by atoms with Crippen LogP contribution in [0, 0.1) is 6.92 Å². The Hall–Kier alpha value is -2.74. The number of amides is 1. The molecule has 1 amide bonds. The van der Waals surface area contributed by atoms with Crippen LogP contribution < -0.4 is 15.1 Å².